The molecule has 2 amide bonds. The number of nitrogens with zero attached hydrogens (tertiary/aromatic N) is 3. The molecule has 0 aliphatic heterocycles. The summed E-state index contributed by atoms with van der Waals surface area (Å²) in [6.45, 7) is 5.55. The maximum atomic E-state index is 12.2. The van der Waals surface area contributed by atoms with Crippen LogP contribution in [0.25, 0.3) is 0 Å². The van der Waals surface area contributed by atoms with E-state index < -0.39 is 5.97 Å². The van der Waals surface area contributed by atoms with Gasteiger partial charge in [-0.05, 0) is 27.9 Å². The summed E-state index contributed by atoms with van der Waals surface area (Å²) in [7, 11) is 5.56. The lowest BCUT2D eigenvalue weighted by Crippen LogP contribution is -2.49. The highest BCUT2D eigenvalue weighted by atomic mass is 16.4. The number of carboxylic acid groups (broad SMARTS) is 1. The van der Waals surface area contributed by atoms with Crippen LogP contribution in [-0.4, -0.2) is 78.6 Å². The van der Waals surface area contributed by atoms with Crippen LogP contribution in [0, 0.1) is 0 Å². The van der Waals surface area contributed by atoms with E-state index in [1.54, 1.807) is 11.9 Å². The van der Waals surface area contributed by atoms with Gasteiger partial charge in [-0.2, -0.15) is 0 Å². The Morgan fingerprint density at radius 2 is 1.78 bits per heavy atom. The van der Waals surface area contributed by atoms with Crippen LogP contribution in [0.4, 0.5) is 4.79 Å². The smallest absolute Gasteiger partial charge is 0.320 e. The lowest BCUT2D eigenvalue weighted by Gasteiger charge is -2.33. The highest BCUT2D eigenvalue weighted by Gasteiger charge is 2.22. The molecule has 0 aromatic carbocycles. The molecule has 1 N–H and O–H groups in total. The van der Waals surface area contributed by atoms with Crippen molar-refractivity contribution in [2.45, 2.75) is 26.3 Å². The van der Waals surface area contributed by atoms with E-state index in [0.29, 0.717) is 6.54 Å². The van der Waals surface area contributed by atoms with Crippen molar-refractivity contribution in [3.8, 4) is 0 Å². The number of hydrogen-bond acceptors (Lipinski definition) is 3. The van der Waals surface area contributed by atoms with E-state index >= 15 is 0 Å². The average molecular weight is 259 g/mol. The summed E-state index contributed by atoms with van der Waals surface area (Å²) < 4.78 is 0. The topological polar surface area (TPSA) is 64.1 Å². The van der Waals surface area contributed by atoms with E-state index in [4.69, 9.17) is 5.11 Å². The second kappa shape index (κ2) is 7.92. The maximum Gasteiger partial charge on any atom is 0.320 e. The van der Waals surface area contributed by atoms with Gasteiger partial charge in [-0.1, -0.05) is 0 Å². The summed E-state index contributed by atoms with van der Waals surface area (Å²) in [6.07, 6.45) is -0.0259. The number of hydrogen-bond donors (Lipinski definition) is 1. The predicted molar refractivity (Wildman–Crippen MR) is 70.7 cm³/mol. The summed E-state index contributed by atoms with van der Waals surface area (Å²) in [5, 5.41) is 8.61. The summed E-state index contributed by atoms with van der Waals surface area (Å²) in [5.41, 5.74) is 0. The van der Waals surface area contributed by atoms with Crippen molar-refractivity contribution in [2.75, 3.05) is 40.8 Å². The zero-order valence-corrected chi connectivity index (χ0v) is 12.0. The van der Waals surface area contributed by atoms with Gasteiger partial charge >= 0.3 is 12.0 Å². The van der Waals surface area contributed by atoms with Crippen molar-refractivity contribution in [3.05, 3.63) is 0 Å². The third kappa shape index (κ3) is 5.86. The maximum absolute atomic E-state index is 12.2. The molecule has 0 rings (SSSR count). The summed E-state index contributed by atoms with van der Waals surface area (Å²) in [4.78, 5) is 27.9. The van der Waals surface area contributed by atoms with E-state index in [2.05, 4.69) is 0 Å². The number of aliphatic carboxylic acids is 1. The number of carbonyl (C=O) groups excluding carboxylic acids is 1. The molecule has 1 atom stereocenters. The first kappa shape index (κ1) is 16.7. The van der Waals surface area contributed by atoms with Gasteiger partial charge in [0, 0.05) is 32.7 Å². The van der Waals surface area contributed by atoms with E-state index in [-0.39, 0.29) is 25.0 Å². The number of likely N-dealkylation sites (N-methyl/N-ethyl adjacent to an activating group) is 2. The van der Waals surface area contributed by atoms with E-state index in [9.17, 15) is 9.59 Å². The Morgan fingerprint density at radius 1 is 1.22 bits per heavy atom. The van der Waals surface area contributed by atoms with Gasteiger partial charge in [-0.15, -0.1) is 0 Å². The van der Waals surface area contributed by atoms with Crippen molar-refractivity contribution in [1.82, 2.24) is 14.7 Å². The minimum Gasteiger partial charge on any atom is -0.481 e. The third-order valence-electron chi connectivity index (χ3n) is 2.74. The molecule has 0 bridgehead atoms. The monoisotopic (exact) mass is 259 g/mol. The Kier molecular flexibility index (Phi) is 7.35. The average Bonchev–Trinajstić information content (AvgIpc) is 2.25. The van der Waals surface area contributed by atoms with Gasteiger partial charge in [0.1, 0.15) is 0 Å². The molecule has 106 valence electrons. The molecule has 18 heavy (non-hydrogen) atoms. The summed E-state index contributed by atoms with van der Waals surface area (Å²) in [5.74, 6) is -0.890. The Bertz CT molecular complexity index is 282. The normalized spacial score (nSPS) is 12.3. The number of amides is 2. The summed E-state index contributed by atoms with van der Waals surface area (Å²) >= 11 is 0. The van der Waals surface area contributed by atoms with Crippen molar-refractivity contribution in [1.29, 1.82) is 0 Å². The number of urea groups is 1. The first-order valence-corrected chi connectivity index (χ1v) is 6.17. The first-order chi connectivity index (χ1) is 8.29. The van der Waals surface area contributed by atoms with Crippen molar-refractivity contribution < 1.29 is 14.7 Å². The van der Waals surface area contributed by atoms with Gasteiger partial charge in [-0.25, -0.2) is 4.79 Å². The van der Waals surface area contributed by atoms with Gasteiger partial charge < -0.3 is 19.8 Å². The van der Waals surface area contributed by atoms with Gasteiger partial charge in [0.2, 0.25) is 0 Å². The highest BCUT2D eigenvalue weighted by molar-refractivity contribution is 5.75. The SMILES string of the molecule is CCN(C(=O)N(C)CCC(=O)O)C(C)CN(C)C. The van der Waals surface area contributed by atoms with Crippen LogP contribution in [0.1, 0.15) is 20.3 Å². The fourth-order valence-corrected chi connectivity index (χ4v) is 1.84. The van der Waals surface area contributed by atoms with Gasteiger partial charge in [0.05, 0.1) is 6.42 Å². The summed E-state index contributed by atoms with van der Waals surface area (Å²) in [6, 6.07) is -0.0159. The second-order valence-electron chi connectivity index (χ2n) is 4.75. The molecule has 0 fully saturated rings. The fraction of sp³-hybridized carbons (Fsp3) is 0.833. The molecule has 0 spiro atoms. The molecule has 0 aromatic rings. The van der Waals surface area contributed by atoms with Crippen molar-refractivity contribution >= 4 is 12.0 Å². The molecule has 0 aliphatic carbocycles. The van der Waals surface area contributed by atoms with Crippen LogP contribution in [0.15, 0.2) is 0 Å². The molecule has 0 heterocycles. The van der Waals surface area contributed by atoms with Crippen molar-refractivity contribution in [2.24, 2.45) is 0 Å². The zero-order valence-electron chi connectivity index (χ0n) is 12.0. The Balaban J connectivity index is 4.45. The lowest BCUT2D eigenvalue weighted by atomic mass is 10.2. The largest absolute Gasteiger partial charge is 0.481 e. The lowest BCUT2D eigenvalue weighted by molar-refractivity contribution is -0.137. The van der Waals surface area contributed by atoms with Crippen LogP contribution in [-0.2, 0) is 4.79 Å². The highest BCUT2D eigenvalue weighted by Crippen LogP contribution is 2.05. The number of carbonyl (C=O) groups is 2. The molecule has 0 aliphatic rings. The van der Waals surface area contributed by atoms with Crippen LogP contribution in [0.5, 0.6) is 0 Å². The third-order valence-corrected chi connectivity index (χ3v) is 2.74. The fourth-order valence-electron chi connectivity index (χ4n) is 1.84. The molecule has 0 saturated heterocycles. The Morgan fingerprint density at radius 3 is 2.17 bits per heavy atom. The van der Waals surface area contributed by atoms with Crippen LogP contribution in [0.2, 0.25) is 0 Å². The van der Waals surface area contributed by atoms with E-state index in [1.807, 2.05) is 32.8 Å². The molecule has 0 saturated carbocycles. The van der Waals surface area contributed by atoms with Crippen LogP contribution < -0.4 is 0 Å². The molecule has 6 heteroatoms. The first-order valence-electron chi connectivity index (χ1n) is 6.17. The zero-order chi connectivity index (χ0) is 14.3. The molecule has 6 nitrogen and oxygen atoms in total. The van der Waals surface area contributed by atoms with Gasteiger partial charge in [0.15, 0.2) is 0 Å². The van der Waals surface area contributed by atoms with E-state index in [0.717, 1.165) is 6.54 Å². The van der Waals surface area contributed by atoms with Crippen LogP contribution in [0.3, 0.4) is 0 Å². The minimum atomic E-state index is -0.890. The van der Waals surface area contributed by atoms with Gasteiger partial charge in [0.25, 0.3) is 0 Å². The van der Waals surface area contributed by atoms with E-state index in [1.165, 1.54) is 4.90 Å². The molecule has 0 aromatic heterocycles. The Hall–Kier alpha value is -1.30. The molecular formula is C12H25N3O3. The molecule has 0 radical (unpaired) electrons. The van der Waals surface area contributed by atoms with Crippen molar-refractivity contribution in [3.63, 3.8) is 0 Å². The standard InChI is InChI=1S/C12H25N3O3/c1-6-15(10(2)9-13(3)4)12(18)14(5)8-7-11(16)17/h10H,6-9H2,1-5H3,(H,16,17). The molecule has 1 unspecified atom stereocenters. The van der Waals surface area contributed by atoms with Crippen LogP contribution >= 0.6 is 0 Å². The second-order valence-corrected chi connectivity index (χ2v) is 4.75. The molecular weight excluding hydrogens is 234 g/mol. The Labute approximate surface area is 109 Å². The number of carboxylic acids is 1. The number of rotatable bonds is 7. The minimum absolute atomic E-state index is 0.0259. The quantitative estimate of drug-likeness (QED) is 0.734. The van der Waals surface area contributed by atoms with Gasteiger partial charge in [-0.3, -0.25) is 4.79 Å². The predicted octanol–water partition coefficient (Wildman–Crippen LogP) is 0.785.